The molecule has 4 heteroatoms. The second-order valence-electron chi connectivity index (χ2n) is 5.99. The van der Waals surface area contributed by atoms with Crippen LogP contribution in [0.15, 0.2) is 29.2 Å². The summed E-state index contributed by atoms with van der Waals surface area (Å²) in [4.78, 5) is 0.289. The first-order valence-corrected chi connectivity index (χ1v) is 9.29. The van der Waals surface area contributed by atoms with Crippen molar-refractivity contribution in [1.82, 2.24) is 0 Å². The summed E-state index contributed by atoms with van der Waals surface area (Å²) in [7, 11) is -3.22. The van der Waals surface area contributed by atoms with Gasteiger partial charge in [0.15, 0.2) is 9.84 Å². The van der Waals surface area contributed by atoms with Crippen molar-refractivity contribution in [3.63, 3.8) is 0 Å². The van der Waals surface area contributed by atoms with Gasteiger partial charge < -0.3 is 5.11 Å². The maximum Gasteiger partial charge on any atom is 0.175 e. The Morgan fingerprint density at radius 1 is 1.35 bits per heavy atom. The molecule has 0 aliphatic heterocycles. The second-order valence-corrected chi connectivity index (χ2v) is 8.01. The largest absolute Gasteiger partial charge is 0.388 e. The average Bonchev–Trinajstić information content (AvgIpc) is 2.46. The maximum atomic E-state index is 11.6. The molecule has 3 unspecified atom stereocenters. The second kappa shape index (κ2) is 6.27. The molecule has 0 heterocycles. The van der Waals surface area contributed by atoms with Gasteiger partial charge in [0.25, 0.3) is 0 Å². The Balaban J connectivity index is 2.18. The van der Waals surface area contributed by atoms with E-state index in [0.29, 0.717) is 5.92 Å². The van der Waals surface area contributed by atoms with Crippen molar-refractivity contribution >= 4 is 9.84 Å². The molecule has 1 aromatic carbocycles. The van der Waals surface area contributed by atoms with Crippen LogP contribution in [-0.4, -0.2) is 19.8 Å². The fourth-order valence-corrected chi connectivity index (χ4v) is 3.87. The highest BCUT2D eigenvalue weighted by Crippen LogP contribution is 2.38. The third-order valence-electron chi connectivity index (χ3n) is 4.48. The van der Waals surface area contributed by atoms with Crippen molar-refractivity contribution in [2.75, 3.05) is 6.26 Å². The van der Waals surface area contributed by atoms with Gasteiger partial charge in [-0.3, -0.25) is 0 Å². The third kappa shape index (κ3) is 3.61. The van der Waals surface area contributed by atoms with Crippen molar-refractivity contribution in [2.24, 2.45) is 11.8 Å². The number of aliphatic hydroxyl groups excluding tert-OH is 1. The smallest absolute Gasteiger partial charge is 0.175 e. The Morgan fingerprint density at radius 3 is 2.75 bits per heavy atom. The Labute approximate surface area is 121 Å². The molecule has 1 aliphatic carbocycles. The van der Waals surface area contributed by atoms with Crippen molar-refractivity contribution < 1.29 is 13.5 Å². The van der Waals surface area contributed by atoms with Gasteiger partial charge in [-0.15, -0.1) is 0 Å². The molecule has 0 saturated heterocycles. The van der Waals surface area contributed by atoms with Gasteiger partial charge in [0.05, 0.1) is 11.0 Å². The molecule has 2 rings (SSSR count). The monoisotopic (exact) mass is 296 g/mol. The van der Waals surface area contributed by atoms with E-state index in [1.54, 1.807) is 18.2 Å². The van der Waals surface area contributed by atoms with Crippen LogP contribution in [0.4, 0.5) is 0 Å². The van der Waals surface area contributed by atoms with Crippen LogP contribution in [0.3, 0.4) is 0 Å². The lowest BCUT2D eigenvalue weighted by Crippen LogP contribution is -2.21. The Kier molecular flexibility index (Phi) is 4.86. The summed E-state index contributed by atoms with van der Waals surface area (Å²) in [5.41, 5.74) is 0.731. The molecule has 1 fully saturated rings. The van der Waals surface area contributed by atoms with Crippen molar-refractivity contribution in [3.8, 4) is 0 Å². The summed E-state index contributed by atoms with van der Waals surface area (Å²) in [5, 5.41) is 10.6. The molecule has 0 amide bonds. The number of hydrogen-bond donors (Lipinski definition) is 1. The minimum Gasteiger partial charge on any atom is -0.388 e. The van der Waals surface area contributed by atoms with Gasteiger partial charge in [0, 0.05) is 6.26 Å². The normalized spacial score (nSPS) is 25.4. The summed E-state index contributed by atoms with van der Waals surface area (Å²) < 4.78 is 23.2. The van der Waals surface area contributed by atoms with Crippen molar-refractivity contribution in [1.29, 1.82) is 0 Å². The highest BCUT2D eigenvalue weighted by molar-refractivity contribution is 7.90. The van der Waals surface area contributed by atoms with E-state index in [9.17, 15) is 13.5 Å². The van der Waals surface area contributed by atoms with E-state index in [1.165, 1.54) is 12.7 Å². The predicted octanol–water partition coefficient (Wildman–Crippen LogP) is 3.34. The SMILES string of the molecule is CCC1CCCC(C(O)c2cccc(S(C)(=O)=O)c2)C1. The molecule has 0 aromatic heterocycles. The van der Waals surface area contributed by atoms with Gasteiger partial charge >= 0.3 is 0 Å². The Hall–Kier alpha value is -0.870. The molecule has 1 aliphatic rings. The zero-order valence-corrected chi connectivity index (χ0v) is 13.1. The number of hydrogen-bond acceptors (Lipinski definition) is 3. The van der Waals surface area contributed by atoms with Gasteiger partial charge in [-0.2, -0.15) is 0 Å². The van der Waals surface area contributed by atoms with E-state index in [-0.39, 0.29) is 10.8 Å². The molecule has 0 radical (unpaired) electrons. The molecule has 3 atom stereocenters. The zero-order chi connectivity index (χ0) is 14.8. The lowest BCUT2D eigenvalue weighted by Gasteiger charge is -2.32. The van der Waals surface area contributed by atoms with Gasteiger partial charge in [0.1, 0.15) is 0 Å². The van der Waals surface area contributed by atoms with E-state index < -0.39 is 15.9 Å². The van der Waals surface area contributed by atoms with Crippen LogP contribution in [0.25, 0.3) is 0 Å². The van der Waals surface area contributed by atoms with Gasteiger partial charge in [-0.25, -0.2) is 8.42 Å². The molecule has 112 valence electrons. The van der Waals surface area contributed by atoms with Crippen molar-refractivity contribution in [2.45, 2.75) is 50.0 Å². The average molecular weight is 296 g/mol. The fraction of sp³-hybridized carbons (Fsp3) is 0.625. The molecule has 1 N–H and O–H groups in total. The van der Waals surface area contributed by atoms with Crippen LogP contribution in [0.5, 0.6) is 0 Å². The number of sulfone groups is 1. The van der Waals surface area contributed by atoms with E-state index in [0.717, 1.165) is 31.2 Å². The summed E-state index contributed by atoms with van der Waals surface area (Å²) in [6.07, 6.45) is 6.29. The number of rotatable bonds is 4. The van der Waals surface area contributed by atoms with Crippen LogP contribution in [0.1, 0.15) is 50.7 Å². The Morgan fingerprint density at radius 2 is 2.10 bits per heavy atom. The van der Waals surface area contributed by atoms with Crippen LogP contribution in [0, 0.1) is 11.8 Å². The molecule has 20 heavy (non-hydrogen) atoms. The number of aliphatic hydroxyl groups is 1. The molecule has 1 saturated carbocycles. The molecule has 0 spiro atoms. The van der Waals surface area contributed by atoms with E-state index >= 15 is 0 Å². The Bertz CT molecular complexity index is 551. The highest BCUT2D eigenvalue weighted by atomic mass is 32.2. The first-order chi connectivity index (χ1) is 9.41. The van der Waals surface area contributed by atoms with E-state index in [4.69, 9.17) is 0 Å². The van der Waals surface area contributed by atoms with Crippen molar-refractivity contribution in [3.05, 3.63) is 29.8 Å². The molecule has 0 bridgehead atoms. The lowest BCUT2D eigenvalue weighted by molar-refractivity contribution is 0.0676. The molecular formula is C16H24O3S. The van der Waals surface area contributed by atoms with E-state index in [2.05, 4.69) is 6.92 Å². The topological polar surface area (TPSA) is 54.4 Å². The van der Waals surface area contributed by atoms with Gasteiger partial charge in [-0.1, -0.05) is 38.3 Å². The summed E-state index contributed by atoms with van der Waals surface area (Å²) in [6.45, 7) is 2.20. The molecule has 3 nitrogen and oxygen atoms in total. The van der Waals surface area contributed by atoms with Gasteiger partial charge in [-0.05, 0) is 42.4 Å². The van der Waals surface area contributed by atoms with Crippen LogP contribution >= 0.6 is 0 Å². The first kappa shape index (κ1) is 15.5. The summed E-state index contributed by atoms with van der Waals surface area (Å²) in [5.74, 6) is 0.949. The molecule has 1 aromatic rings. The van der Waals surface area contributed by atoms with Gasteiger partial charge in [0.2, 0.25) is 0 Å². The minimum atomic E-state index is -3.22. The highest BCUT2D eigenvalue weighted by Gasteiger charge is 2.27. The van der Waals surface area contributed by atoms with Crippen LogP contribution < -0.4 is 0 Å². The minimum absolute atomic E-state index is 0.253. The van der Waals surface area contributed by atoms with Crippen LogP contribution in [-0.2, 0) is 9.84 Å². The number of benzene rings is 1. The predicted molar refractivity (Wildman–Crippen MR) is 80.3 cm³/mol. The first-order valence-electron chi connectivity index (χ1n) is 7.40. The summed E-state index contributed by atoms with van der Waals surface area (Å²) >= 11 is 0. The summed E-state index contributed by atoms with van der Waals surface area (Å²) in [6, 6.07) is 6.75. The maximum absolute atomic E-state index is 11.6. The standard InChI is InChI=1S/C16H24O3S/c1-3-12-6-4-7-13(10-12)16(17)14-8-5-9-15(11-14)20(2,18)19/h5,8-9,11-13,16-17H,3-4,6-7,10H2,1-2H3. The fourth-order valence-electron chi connectivity index (χ4n) is 3.19. The van der Waals surface area contributed by atoms with Crippen LogP contribution in [0.2, 0.25) is 0 Å². The lowest BCUT2D eigenvalue weighted by atomic mass is 9.76. The quantitative estimate of drug-likeness (QED) is 0.927. The third-order valence-corrected chi connectivity index (χ3v) is 5.59. The van der Waals surface area contributed by atoms with E-state index in [1.807, 2.05) is 6.07 Å². The molecular weight excluding hydrogens is 272 g/mol. The zero-order valence-electron chi connectivity index (χ0n) is 12.2.